The van der Waals surface area contributed by atoms with Crippen molar-refractivity contribution in [1.82, 2.24) is 0 Å². The van der Waals surface area contributed by atoms with Gasteiger partial charge in [-0.05, 0) is 55.9 Å². The molecule has 0 spiro atoms. The molecular formula is C18H24N2O3S. The zero-order valence-electron chi connectivity index (χ0n) is 13.8. The maximum absolute atomic E-state index is 12.5. The lowest BCUT2D eigenvalue weighted by molar-refractivity contribution is -0.119. The highest BCUT2D eigenvalue weighted by atomic mass is 32.2. The molecule has 5 nitrogen and oxygen atoms in total. The van der Waals surface area contributed by atoms with E-state index < -0.39 is 10.0 Å². The summed E-state index contributed by atoms with van der Waals surface area (Å²) in [4.78, 5) is 14.2. The normalized spacial score (nSPS) is 21.6. The second kappa shape index (κ2) is 6.06. The number of carbonyl (C=O) groups excluding carboxylic acids is 1. The number of hydrogen-bond donors (Lipinski definition) is 1. The Balaban J connectivity index is 1.50. The van der Waals surface area contributed by atoms with Crippen LogP contribution in [0.15, 0.2) is 18.2 Å². The van der Waals surface area contributed by atoms with Crippen LogP contribution in [0, 0.1) is 5.92 Å². The smallest absolute Gasteiger partial charge is 0.235 e. The molecule has 2 saturated carbocycles. The van der Waals surface area contributed by atoms with Gasteiger partial charge in [0.1, 0.15) is 0 Å². The van der Waals surface area contributed by atoms with Gasteiger partial charge in [-0.1, -0.05) is 19.3 Å². The maximum Gasteiger partial charge on any atom is 0.235 e. The molecule has 2 aliphatic carbocycles. The number of amides is 1. The Hall–Kier alpha value is -1.56. The van der Waals surface area contributed by atoms with E-state index in [1.165, 1.54) is 0 Å². The number of fused-ring (bicyclic) bond motifs is 1. The number of nitrogens with one attached hydrogen (secondary N) is 1. The van der Waals surface area contributed by atoms with Crippen molar-refractivity contribution in [1.29, 1.82) is 0 Å². The number of anilines is 2. The van der Waals surface area contributed by atoms with Gasteiger partial charge >= 0.3 is 0 Å². The molecule has 24 heavy (non-hydrogen) atoms. The molecule has 0 radical (unpaired) electrons. The number of sulfonamides is 1. The Morgan fingerprint density at radius 2 is 1.83 bits per heavy atom. The maximum atomic E-state index is 12.5. The zero-order chi connectivity index (χ0) is 16.7. The SMILES string of the molecule is O=C(C1CC1)N1CCc2cc(NS(=O)(=O)C3CCCCC3)ccc21. The van der Waals surface area contributed by atoms with E-state index in [0.29, 0.717) is 12.2 Å². The van der Waals surface area contributed by atoms with Crippen molar-refractivity contribution in [3.8, 4) is 0 Å². The summed E-state index contributed by atoms with van der Waals surface area (Å²) in [7, 11) is -3.32. The molecule has 1 aromatic rings. The molecule has 0 saturated heterocycles. The molecule has 1 aliphatic heterocycles. The summed E-state index contributed by atoms with van der Waals surface area (Å²) in [5.74, 6) is 0.435. The number of benzene rings is 1. The molecular weight excluding hydrogens is 324 g/mol. The highest BCUT2D eigenvalue weighted by Crippen LogP contribution is 2.37. The average molecular weight is 348 g/mol. The second-order valence-corrected chi connectivity index (χ2v) is 9.23. The van der Waals surface area contributed by atoms with Gasteiger partial charge < -0.3 is 4.90 Å². The Bertz CT molecular complexity index is 750. The van der Waals surface area contributed by atoms with Crippen LogP contribution in [0.3, 0.4) is 0 Å². The first-order valence-electron chi connectivity index (χ1n) is 9.00. The fraction of sp³-hybridized carbons (Fsp3) is 0.611. The third kappa shape index (κ3) is 3.04. The Labute approximate surface area is 143 Å². The minimum Gasteiger partial charge on any atom is -0.312 e. The summed E-state index contributed by atoms with van der Waals surface area (Å²) < 4.78 is 27.9. The van der Waals surface area contributed by atoms with Crippen LogP contribution in [0.25, 0.3) is 0 Å². The van der Waals surface area contributed by atoms with Crippen molar-refractivity contribution in [3.05, 3.63) is 23.8 Å². The monoisotopic (exact) mass is 348 g/mol. The molecule has 130 valence electrons. The third-order valence-electron chi connectivity index (χ3n) is 5.42. The van der Waals surface area contributed by atoms with E-state index in [4.69, 9.17) is 0 Å². The van der Waals surface area contributed by atoms with E-state index >= 15 is 0 Å². The fourth-order valence-electron chi connectivity index (χ4n) is 3.87. The molecule has 1 aromatic carbocycles. The average Bonchev–Trinajstić information content (AvgIpc) is 3.35. The summed E-state index contributed by atoms with van der Waals surface area (Å²) in [6.07, 6.45) is 7.44. The fourth-order valence-corrected chi connectivity index (χ4v) is 5.44. The molecule has 1 heterocycles. The minimum absolute atomic E-state index is 0.209. The van der Waals surface area contributed by atoms with E-state index in [-0.39, 0.29) is 17.1 Å². The molecule has 0 aromatic heterocycles. The summed E-state index contributed by atoms with van der Waals surface area (Å²) in [6, 6.07) is 5.58. The predicted molar refractivity (Wildman–Crippen MR) is 94.6 cm³/mol. The first-order valence-corrected chi connectivity index (χ1v) is 10.6. The zero-order valence-corrected chi connectivity index (χ0v) is 14.6. The molecule has 0 atom stereocenters. The largest absolute Gasteiger partial charge is 0.312 e. The second-order valence-electron chi connectivity index (χ2n) is 7.26. The van der Waals surface area contributed by atoms with Gasteiger partial charge in [0.2, 0.25) is 15.9 Å². The molecule has 0 unspecified atom stereocenters. The molecule has 6 heteroatoms. The molecule has 0 bridgehead atoms. The van der Waals surface area contributed by atoms with Gasteiger partial charge in [0, 0.05) is 23.8 Å². The Morgan fingerprint density at radius 1 is 1.08 bits per heavy atom. The van der Waals surface area contributed by atoms with Crippen LogP contribution >= 0.6 is 0 Å². The van der Waals surface area contributed by atoms with Crippen LogP contribution in [0.1, 0.15) is 50.5 Å². The lowest BCUT2D eigenvalue weighted by atomic mass is 10.0. The standard InChI is InChI=1S/C18H24N2O3S/c21-18(13-6-7-13)20-11-10-14-12-15(8-9-17(14)20)19-24(22,23)16-4-2-1-3-5-16/h8-9,12-13,16,19H,1-7,10-11H2. The van der Waals surface area contributed by atoms with Gasteiger partial charge in [-0.25, -0.2) is 8.42 Å². The summed E-state index contributed by atoms with van der Waals surface area (Å²) in [6.45, 7) is 0.712. The van der Waals surface area contributed by atoms with E-state index in [0.717, 1.165) is 62.6 Å². The Kier molecular flexibility index (Phi) is 4.03. The van der Waals surface area contributed by atoms with E-state index in [1.807, 2.05) is 17.0 Å². The van der Waals surface area contributed by atoms with Gasteiger partial charge in [-0.2, -0.15) is 0 Å². The van der Waals surface area contributed by atoms with Crippen LogP contribution in [-0.4, -0.2) is 26.1 Å². The van der Waals surface area contributed by atoms with Crippen molar-refractivity contribution < 1.29 is 13.2 Å². The van der Waals surface area contributed by atoms with Crippen LogP contribution in [0.2, 0.25) is 0 Å². The Morgan fingerprint density at radius 3 is 2.54 bits per heavy atom. The molecule has 3 aliphatic rings. The number of rotatable bonds is 4. The van der Waals surface area contributed by atoms with E-state index in [1.54, 1.807) is 6.07 Å². The quantitative estimate of drug-likeness (QED) is 0.909. The number of hydrogen-bond acceptors (Lipinski definition) is 3. The molecule has 4 rings (SSSR count). The molecule has 1 N–H and O–H groups in total. The number of carbonyl (C=O) groups is 1. The van der Waals surface area contributed by atoms with Crippen LogP contribution in [0.5, 0.6) is 0 Å². The molecule has 1 amide bonds. The summed E-state index contributed by atoms with van der Waals surface area (Å²) in [5, 5.41) is -0.271. The van der Waals surface area contributed by atoms with Gasteiger partial charge in [0.25, 0.3) is 0 Å². The minimum atomic E-state index is -3.32. The highest BCUT2D eigenvalue weighted by molar-refractivity contribution is 7.93. The van der Waals surface area contributed by atoms with Gasteiger partial charge in [0.15, 0.2) is 0 Å². The summed E-state index contributed by atoms with van der Waals surface area (Å²) >= 11 is 0. The third-order valence-corrected chi connectivity index (χ3v) is 7.29. The topological polar surface area (TPSA) is 66.5 Å². The highest BCUT2D eigenvalue weighted by Gasteiger charge is 2.36. The lowest BCUT2D eigenvalue weighted by Crippen LogP contribution is -2.30. The van der Waals surface area contributed by atoms with Gasteiger partial charge in [-0.15, -0.1) is 0 Å². The van der Waals surface area contributed by atoms with Crippen molar-refractivity contribution in [3.63, 3.8) is 0 Å². The van der Waals surface area contributed by atoms with Crippen molar-refractivity contribution in [2.75, 3.05) is 16.2 Å². The van der Waals surface area contributed by atoms with Crippen molar-refractivity contribution >= 4 is 27.3 Å². The number of nitrogens with zero attached hydrogens (tertiary/aromatic N) is 1. The van der Waals surface area contributed by atoms with Crippen LogP contribution in [-0.2, 0) is 21.2 Å². The first kappa shape index (κ1) is 15.9. The summed E-state index contributed by atoms with van der Waals surface area (Å²) in [5.41, 5.74) is 2.64. The van der Waals surface area contributed by atoms with Gasteiger partial charge in [0.05, 0.1) is 5.25 Å². The van der Waals surface area contributed by atoms with Crippen LogP contribution in [0.4, 0.5) is 11.4 Å². The van der Waals surface area contributed by atoms with Crippen molar-refractivity contribution in [2.24, 2.45) is 5.92 Å². The van der Waals surface area contributed by atoms with Crippen molar-refractivity contribution in [2.45, 2.75) is 56.6 Å². The van der Waals surface area contributed by atoms with E-state index in [2.05, 4.69) is 4.72 Å². The first-order chi connectivity index (χ1) is 11.5. The van der Waals surface area contributed by atoms with E-state index in [9.17, 15) is 13.2 Å². The molecule has 2 fully saturated rings. The van der Waals surface area contributed by atoms with Gasteiger partial charge in [-0.3, -0.25) is 9.52 Å². The predicted octanol–water partition coefficient (Wildman–Crippen LogP) is 3.06. The lowest BCUT2D eigenvalue weighted by Gasteiger charge is -2.23. The van der Waals surface area contributed by atoms with Crippen LogP contribution < -0.4 is 9.62 Å².